The van der Waals surface area contributed by atoms with Crippen LogP contribution in [0.4, 0.5) is 0 Å². The zero-order chi connectivity index (χ0) is 25.4. The van der Waals surface area contributed by atoms with Crippen molar-refractivity contribution in [3.8, 4) is 0 Å². The number of aromatic nitrogens is 1. The first-order valence-electron chi connectivity index (χ1n) is 12.7. The average Bonchev–Trinajstić information content (AvgIpc) is 3.44. The number of piperidine rings is 1. The number of carbonyl (C=O) groups is 2. The molecule has 0 radical (unpaired) electrons. The van der Waals surface area contributed by atoms with Gasteiger partial charge in [0.05, 0.1) is 11.4 Å². The van der Waals surface area contributed by atoms with Crippen molar-refractivity contribution in [3.63, 3.8) is 0 Å². The monoisotopic (exact) mass is 527 g/mol. The Morgan fingerprint density at radius 1 is 0.946 bits per heavy atom. The smallest absolute Gasteiger partial charge is 0.273 e. The molecule has 2 aliphatic heterocycles. The molecule has 6 rings (SSSR count). The van der Waals surface area contributed by atoms with E-state index in [2.05, 4.69) is 54.8 Å². The van der Waals surface area contributed by atoms with Gasteiger partial charge in [0.25, 0.3) is 5.91 Å². The summed E-state index contributed by atoms with van der Waals surface area (Å²) in [5.41, 5.74) is 3.99. The van der Waals surface area contributed by atoms with Crippen LogP contribution < -0.4 is 0 Å². The summed E-state index contributed by atoms with van der Waals surface area (Å²) in [6.07, 6.45) is 4.27. The largest absolute Gasteiger partial charge is 0.342 e. The number of thioether (sulfide) groups is 1. The van der Waals surface area contributed by atoms with Gasteiger partial charge < -0.3 is 9.80 Å². The molecule has 37 heavy (non-hydrogen) atoms. The first kappa shape index (κ1) is 24.2. The fourth-order valence-electron chi connectivity index (χ4n) is 5.52. The molecule has 0 bridgehead atoms. The lowest BCUT2D eigenvalue weighted by atomic mass is 9.95. The van der Waals surface area contributed by atoms with Gasteiger partial charge in [-0.05, 0) is 58.7 Å². The van der Waals surface area contributed by atoms with Crippen LogP contribution in [-0.4, -0.2) is 45.9 Å². The van der Waals surface area contributed by atoms with Crippen LogP contribution in [0.1, 0.15) is 50.9 Å². The van der Waals surface area contributed by atoms with Crippen molar-refractivity contribution < 1.29 is 9.59 Å². The molecule has 0 N–H and O–H groups in total. The zero-order valence-electron chi connectivity index (χ0n) is 20.9. The number of likely N-dealkylation sites (tertiary alicyclic amines) is 1. The van der Waals surface area contributed by atoms with Crippen molar-refractivity contribution in [3.05, 3.63) is 93.4 Å². The minimum absolute atomic E-state index is 0.00545. The van der Waals surface area contributed by atoms with Crippen LogP contribution in [0.5, 0.6) is 0 Å². The highest BCUT2D eigenvalue weighted by Crippen LogP contribution is 2.33. The van der Waals surface area contributed by atoms with Gasteiger partial charge in [-0.1, -0.05) is 48.5 Å². The Morgan fingerprint density at radius 3 is 2.27 bits per heavy atom. The van der Waals surface area contributed by atoms with E-state index in [4.69, 9.17) is 4.98 Å². The van der Waals surface area contributed by atoms with Crippen molar-refractivity contribution in [2.24, 2.45) is 0 Å². The van der Waals surface area contributed by atoms with Gasteiger partial charge >= 0.3 is 0 Å². The second-order valence-electron chi connectivity index (χ2n) is 9.84. The first-order valence-corrected chi connectivity index (χ1v) is 14.8. The maximum Gasteiger partial charge on any atom is 0.273 e. The van der Waals surface area contributed by atoms with Crippen molar-refractivity contribution in [2.75, 3.05) is 19.3 Å². The standard InChI is InChI=1S/C30H29N3O2S2/c1-36-25-10-8-20(9-11-25)16-27(34)32-14-12-22(13-15-32)29-31-26(19-37-29)30(35)33-17-23-6-2-4-21-5-3-7-24(18-33)28(21)23/h2-11,19,22H,12-18H2,1H3. The van der Waals surface area contributed by atoms with Crippen molar-refractivity contribution in [1.29, 1.82) is 0 Å². The van der Waals surface area contributed by atoms with E-state index in [0.29, 0.717) is 31.1 Å². The molecule has 4 aromatic rings. The van der Waals surface area contributed by atoms with E-state index in [-0.39, 0.29) is 11.8 Å². The number of thiazole rings is 1. The third kappa shape index (κ3) is 4.90. The maximum absolute atomic E-state index is 13.4. The Morgan fingerprint density at radius 2 is 1.62 bits per heavy atom. The fraction of sp³-hybridized carbons (Fsp3) is 0.300. The van der Waals surface area contributed by atoms with Gasteiger partial charge in [-0.15, -0.1) is 23.1 Å². The molecule has 0 aliphatic carbocycles. The lowest BCUT2D eigenvalue weighted by molar-refractivity contribution is -0.131. The van der Waals surface area contributed by atoms with Crippen molar-refractivity contribution in [2.45, 2.75) is 43.2 Å². The molecular weight excluding hydrogens is 498 g/mol. The molecule has 2 amide bonds. The number of amides is 2. The molecule has 3 heterocycles. The normalized spacial score (nSPS) is 15.8. The van der Waals surface area contributed by atoms with Crippen LogP contribution in [0.25, 0.3) is 10.8 Å². The molecule has 1 aromatic heterocycles. The molecule has 1 fully saturated rings. The van der Waals surface area contributed by atoms with Gasteiger partial charge in [-0.25, -0.2) is 4.98 Å². The first-order chi connectivity index (χ1) is 18.1. The summed E-state index contributed by atoms with van der Waals surface area (Å²) < 4.78 is 0. The van der Waals surface area contributed by atoms with Crippen LogP contribution >= 0.6 is 23.1 Å². The summed E-state index contributed by atoms with van der Waals surface area (Å²) in [6.45, 7) is 2.70. The molecule has 3 aromatic carbocycles. The molecule has 0 spiro atoms. The third-order valence-corrected chi connectivity index (χ3v) is 9.29. The highest BCUT2D eigenvalue weighted by molar-refractivity contribution is 7.98. The molecule has 5 nitrogen and oxygen atoms in total. The van der Waals surface area contributed by atoms with Gasteiger partial charge in [0.1, 0.15) is 5.69 Å². The summed E-state index contributed by atoms with van der Waals surface area (Å²) in [5, 5.41) is 5.44. The predicted molar refractivity (Wildman–Crippen MR) is 150 cm³/mol. The minimum atomic E-state index is -0.00545. The highest BCUT2D eigenvalue weighted by Gasteiger charge is 2.28. The number of benzene rings is 3. The Bertz CT molecular complexity index is 1410. The third-order valence-electron chi connectivity index (χ3n) is 7.54. The summed E-state index contributed by atoms with van der Waals surface area (Å²) in [4.78, 5) is 36.1. The number of carbonyl (C=O) groups excluding carboxylic acids is 2. The fourth-order valence-corrected chi connectivity index (χ4v) is 6.89. The average molecular weight is 528 g/mol. The predicted octanol–water partition coefficient (Wildman–Crippen LogP) is 6.12. The van der Waals surface area contributed by atoms with Crippen LogP contribution in [0.2, 0.25) is 0 Å². The SMILES string of the molecule is CSc1ccc(CC(=O)N2CCC(c3nc(C(=O)N4Cc5cccc6cccc(c56)C4)cs3)CC2)cc1. The van der Waals surface area contributed by atoms with Crippen molar-refractivity contribution >= 4 is 45.7 Å². The Labute approximate surface area is 225 Å². The maximum atomic E-state index is 13.4. The number of nitrogens with zero attached hydrogens (tertiary/aromatic N) is 3. The van der Waals surface area contributed by atoms with Gasteiger partial charge in [0, 0.05) is 42.4 Å². The molecule has 0 saturated carbocycles. The van der Waals surface area contributed by atoms with E-state index in [1.54, 1.807) is 23.1 Å². The van der Waals surface area contributed by atoms with E-state index in [0.717, 1.165) is 36.5 Å². The van der Waals surface area contributed by atoms with E-state index in [9.17, 15) is 9.59 Å². The van der Waals surface area contributed by atoms with E-state index >= 15 is 0 Å². The Kier molecular flexibility index (Phi) is 6.74. The van der Waals surface area contributed by atoms with Gasteiger partial charge in [0.15, 0.2) is 0 Å². The number of hydrogen-bond donors (Lipinski definition) is 0. The minimum Gasteiger partial charge on any atom is -0.342 e. The van der Waals surface area contributed by atoms with Gasteiger partial charge in [0.2, 0.25) is 5.91 Å². The lowest BCUT2D eigenvalue weighted by Crippen LogP contribution is -2.38. The van der Waals surface area contributed by atoms with Crippen LogP contribution in [-0.2, 0) is 24.3 Å². The topological polar surface area (TPSA) is 53.5 Å². The molecule has 7 heteroatoms. The summed E-state index contributed by atoms with van der Waals surface area (Å²) in [6, 6.07) is 20.9. The second kappa shape index (κ2) is 10.3. The molecule has 0 atom stereocenters. The summed E-state index contributed by atoms with van der Waals surface area (Å²) in [5.74, 6) is 0.479. The number of hydrogen-bond acceptors (Lipinski definition) is 5. The Balaban J connectivity index is 1.07. The van der Waals surface area contributed by atoms with E-state index < -0.39 is 0 Å². The van der Waals surface area contributed by atoms with Gasteiger partial charge in [-0.3, -0.25) is 9.59 Å². The van der Waals surface area contributed by atoms with Crippen LogP contribution in [0, 0.1) is 0 Å². The highest BCUT2D eigenvalue weighted by atomic mass is 32.2. The van der Waals surface area contributed by atoms with Crippen molar-refractivity contribution in [1.82, 2.24) is 14.8 Å². The Hall–Kier alpha value is -3.16. The number of rotatable bonds is 5. The zero-order valence-corrected chi connectivity index (χ0v) is 22.5. The van der Waals surface area contributed by atoms with Crippen LogP contribution in [0.15, 0.2) is 70.9 Å². The summed E-state index contributed by atoms with van der Waals surface area (Å²) in [7, 11) is 0. The van der Waals surface area contributed by atoms with E-state index in [1.807, 2.05) is 27.3 Å². The molecule has 188 valence electrons. The quantitative estimate of drug-likeness (QED) is 0.293. The second-order valence-corrected chi connectivity index (χ2v) is 11.6. The molecule has 1 saturated heterocycles. The molecule has 0 unspecified atom stereocenters. The van der Waals surface area contributed by atoms with Crippen LogP contribution in [0.3, 0.4) is 0 Å². The lowest BCUT2D eigenvalue weighted by Gasteiger charge is -2.31. The van der Waals surface area contributed by atoms with E-state index in [1.165, 1.54) is 26.8 Å². The van der Waals surface area contributed by atoms with Gasteiger partial charge in [-0.2, -0.15) is 0 Å². The summed E-state index contributed by atoms with van der Waals surface area (Å²) >= 11 is 3.29. The molecule has 2 aliphatic rings. The molecular formula is C30H29N3O2S2.